The van der Waals surface area contributed by atoms with Crippen LogP contribution in [0.15, 0.2) is 14.7 Å². The molecule has 2 N–H and O–H groups in total. The molecule has 0 aliphatic heterocycles. The first-order valence-electron chi connectivity index (χ1n) is 6.08. The Kier molecular flexibility index (Phi) is 6.00. The molecule has 1 aromatic rings. The lowest BCUT2D eigenvalue weighted by atomic mass is 9.93. The minimum absolute atomic E-state index is 0.117. The zero-order chi connectivity index (χ0) is 14.7. The van der Waals surface area contributed by atoms with Gasteiger partial charge in [-0.1, -0.05) is 20.8 Å². The van der Waals surface area contributed by atoms with Gasteiger partial charge in [0.25, 0.3) is 0 Å². The fourth-order valence-electron chi connectivity index (χ4n) is 1.48. The average Bonchev–Trinajstić information content (AvgIpc) is 2.58. The number of sulfonamides is 1. The number of nitrogens with one attached hydrogen (secondary N) is 2. The summed E-state index contributed by atoms with van der Waals surface area (Å²) in [5.74, 6) is 0. The molecule has 19 heavy (non-hydrogen) atoms. The standard InChI is InChI=1S/C12H21BrN2O2S2/c1-12(2,3)5-6-15-19(16,17)10-7-9(8-14-4)18-11(10)13/h7,14-15H,5-6,8H2,1-4H3. The van der Waals surface area contributed by atoms with Crippen molar-refractivity contribution < 1.29 is 8.42 Å². The van der Waals surface area contributed by atoms with Crippen molar-refractivity contribution in [2.45, 2.75) is 38.6 Å². The van der Waals surface area contributed by atoms with Crippen molar-refractivity contribution >= 4 is 37.3 Å². The first-order valence-corrected chi connectivity index (χ1v) is 9.17. The third-order valence-electron chi connectivity index (χ3n) is 2.51. The second kappa shape index (κ2) is 6.67. The van der Waals surface area contributed by atoms with E-state index < -0.39 is 10.0 Å². The van der Waals surface area contributed by atoms with Crippen LogP contribution in [0.1, 0.15) is 32.1 Å². The summed E-state index contributed by atoms with van der Waals surface area (Å²) in [5.41, 5.74) is 0.117. The van der Waals surface area contributed by atoms with Gasteiger partial charge in [-0.2, -0.15) is 0 Å². The topological polar surface area (TPSA) is 58.2 Å². The van der Waals surface area contributed by atoms with Crippen molar-refractivity contribution in [2.75, 3.05) is 13.6 Å². The van der Waals surface area contributed by atoms with E-state index in [1.807, 2.05) is 7.05 Å². The van der Waals surface area contributed by atoms with Gasteiger partial charge in [-0.25, -0.2) is 13.1 Å². The first-order chi connectivity index (χ1) is 8.65. The quantitative estimate of drug-likeness (QED) is 0.811. The van der Waals surface area contributed by atoms with Crippen LogP contribution < -0.4 is 10.0 Å². The molecule has 0 aliphatic rings. The Labute approximate surface area is 128 Å². The molecule has 1 aromatic heterocycles. The molecule has 0 saturated heterocycles. The van der Waals surface area contributed by atoms with Crippen LogP contribution in [0.5, 0.6) is 0 Å². The van der Waals surface area contributed by atoms with Gasteiger partial charge in [-0.15, -0.1) is 11.3 Å². The van der Waals surface area contributed by atoms with Crippen LogP contribution in [-0.4, -0.2) is 22.0 Å². The van der Waals surface area contributed by atoms with E-state index in [1.54, 1.807) is 6.07 Å². The molecule has 4 nitrogen and oxygen atoms in total. The highest BCUT2D eigenvalue weighted by molar-refractivity contribution is 9.11. The smallest absolute Gasteiger partial charge is 0.242 e. The monoisotopic (exact) mass is 368 g/mol. The van der Waals surface area contributed by atoms with Gasteiger partial charge in [0, 0.05) is 18.0 Å². The fraction of sp³-hybridized carbons (Fsp3) is 0.667. The molecule has 0 aromatic carbocycles. The highest BCUT2D eigenvalue weighted by Crippen LogP contribution is 2.31. The Balaban J connectivity index is 2.77. The molecule has 1 heterocycles. The molecule has 0 aliphatic carbocycles. The molecule has 0 saturated carbocycles. The van der Waals surface area contributed by atoms with Gasteiger partial charge in [0.05, 0.1) is 3.79 Å². The van der Waals surface area contributed by atoms with Crippen LogP contribution in [0.3, 0.4) is 0 Å². The fourth-order valence-corrected chi connectivity index (χ4v) is 5.20. The van der Waals surface area contributed by atoms with E-state index in [4.69, 9.17) is 0 Å². The summed E-state index contributed by atoms with van der Waals surface area (Å²) in [6.07, 6.45) is 0.803. The molecule has 7 heteroatoms. The Hall–Kier alpha value is 0.0500. The second-order valence-electron chi connectivity index (χ2n) is 5.59. The summed E-state index contributed by atoms with van der Waals surface area (Å²) in [6, 6.07) is 1.71. The van der Waals surface area contributed by atoms with Crippen LogP contribution >= 0.6 is 27.3 Å². The van der Waals surface area contributed by atoms with Crippen LogP contribution in [0.2, 0.25) is 0 Å². The Morgan fingerprint density at radius 1 is 1.37 bits per heavy atom. The number of hydrogen-bond donors (Lipinski definition) is 2. The first kappa shape index (κ1) is 17.1. The number of thiophene rings is 1. The van der Waals surface area contributed by atoms with E-state index in [-0.39, 0.29) is 5.41 Å². The Morgan fingerprint density at radius 2 is 2.00 bits per heavy atom. The summed E-state index contributed by atoms with van der Waals surface area (Å²) in [6.45, 7) is 7.39. The Bertz CT molecular complexity index is 518. The maximum atomic E-state index is 12.2. The van der Waals surface area contributed by atoms with E-state index in [2.05, 4.69) is 46.7 Å². The van der Waals surface area contributed by atoms with E-state index in [9.17, 15) is 8.42 Å². The normalized spacial score (nSPS) is 12.9. The van der Waals surface area contributed by atoms with E-state index in [0.29, 0.717) is 21.8 Å². The summed E-state index contributed by atoms with van der Waals surface area (Å²) in [5, 5.41) is 3.01. The third-order valence-corrected chi connectivity index (χ3v) is 6.23. The minimum Gasteiger partial charge on any atom is -0.315 e. The lowest BCUT2D eigenvalue weighted by molar-refractivity contribution is 0.378. The van der Waals surface area contributed by atoms with Crippen LogP contribution in [0.25, 0.3) is 0 Å². The molecule has 0 atom stereocenters. The highest BCUT2D eigenvalue weighted by atomic mass is 79.9. The summed E-state index contributed by atoms with van der Waals surface area (Å²) < 4.78 is 27.7. The molecule has 0 fully saturated rings. The van der Waals surface area contributed by atoms with Gasteiger partial charge < -0.3 is 5.32 Å². The number of rotatable bonds is 6. The van der Waals surface area contributed by atoms with E-state index >= 15 is 0 Å². The molecular weight excluding hydrogens is 348 g/mol. The van der Waals surface area contributed by atoms with Crippen LogP contribution in [0, 0.1) is 5.41 Å². The molecule has 110 valence electrons. The van der Waals surface area contributed by atoms with Crippen molar-refractivity contribution in [1.82, 2.24) is 10.0 Å². The Morgan fingerprint density at radius 3 is 2.53 bits per heavy atom. The summed E-state index contributed by atoms with van der Waals surface area (Å²) in [7, 11) is -1.59. The van der Waals surface area contributed by atoms with Crippen molar-refractivity contribution in [3.8, 4) is 0 Å². The predicted molar refractivity (Wildman–Crippen MR) is 84.0 cm³/mol. The minimum atomic E-state index is -3.43. The van der Waals surface area contributed by atoms with Gasteiger partial charge in [0.2, 0.25) is 10.0 Å². The predicted octanol–water partition coefficient (Wildman–Crippen LogP) is 2.94. The molecular formula is C12H21BrN2O2S2. The number of halogens is 1. The molecule has 0 bridgehead atoms. The second-order valence-corrected chi connectivity index (χ2v) is 9.78. The summed E-state index contributed by atoms with van der Waals surface area (Å²) >= 11 is 4.77. The van der Waals surface area contributed by atoms with Gasteiger partial charge in [-0.3, -0.25) is 0 Å². The average molecular weight is 369 g/mol. The van der Waals surface area contributed by atoms with Crippen molar-refractivity contribution in [2.24, 2.45) is 5.41 Å². The maximum Gasteiger partial charge on any atom is 0.242 e. The van der Waals surface area contributed by atoms with Crippen LogP contribution in [0.4, 0.5) is 0 Å². The highest BCUT2D eigenvalue weighted by Gasteiger charge is 2.21. The number of hydrogen-bond acceptors (Lipinski definition) is 4. The largest absolute Gasteiger partial charge is 0.315 e. The van der Waals surface area contributed by atoms with Crippen molar-refractivity contribution in [3.05, 3.63) is 14.7 Å². The lowest BCUT2D eigenvalue weighted by Crippen LogP contribution is -2.27. The molecule has 0 unspecified atom stereocenters. The molecule has 1 rings (SSSR count). The zero-order valence-electron chi connectivity index (χ0n) is 11.7. The summed E-state index contributed by atoms with van der Waals surface area (Å²) in [4.78, 5) is 1.32. The van der Waals surface area contributed by atoms with Gasteiger partial charge >= 0.3 is 0 Å². The molecule has 0 amide bonds. The van der Waals surface area contributed by atoms with E-state index in [0.717, 1.165) is 11.3 Å². The van der Waals surface area contributed by atoms with Crippen molar-refractivity contribution in [1.29, 1.82) is 0 Å². The lowest BCUT2D eigenvalue weighted by Gasteiger charge is -2.17. The molecule has 0 spiro atoms. The van der Waals surface area contributed by atoms with E-state index in [1.165, 1.54) is 11.3 Å². The maximum absolute atomic E-state index is 12.2. The van der Waals surface area contributed by atoms with Crippen LogP contribution in [-0.2, 0) is 16.6 Å². The third kappa shape index (κ3) is 5.51. The van der Waals surface area contributed by atoms with Gasteiger partial charge in [0.1, 0.15) is 4.90 Å². The van der Waals surface area contributed by atoms with Crippen molar-refractivity contribution in [3.63, 3.8) is 0 Å². The SMILES string of the molecule is CNCc1cc(S(=O)(=O)NCCC(C)(C)C)c(Br)s1. The van der Waals surface area contributed by atoms with Gasteiger partial charge in [-0.05, 0) is 40.9 Å². The molecule has 0 radical (unpaired) electrons. The zero-order valence-corrected chi connectivity index (χ0v) is 14.9. The van der Waals surface area contributed by atoms with Gasteiger partial charge in [0.15, 0.2) is 0 Å².